The van der Waals surface area contributed by atoms with E-state index in [1.807, 2.05) is 42.5 Å². The van der Waals surface area contributed by atoms with Crippen molar-refractivity contribution in [2.45, 2.75) is 12.6 Å². The van der Waals surface area contributed by atoms with Crippen molar-refractivity contribution in [3.8, 4) is 0 Å². The van der Waals surface area contributed by atoms with Gasteiger partial charge in [0.05, 0.1) is 7.05 Å². The Hall–Kier alpha value is -1.16. The lowest BCUT2D eigenvalue weighted by Gasteiger charge is -2.18. The SMILES string of the molecule is C[NH+](Cc1ccccc1Br)C[C@H](O)c1ccccc1. The molecular formula is C16H19BrNO+. The Morgan fingerprint density at radius 1 is 1.05 bits per heavy atom. The van der Waals surface area contributed by atoms with Gasteiger partial charge in [-0.2, -0.15) is 0 Å². The van der Waals surface area contributed by atoms with E-state index in [9.17, 15) is 5.11 Å². The predicted molar refractivity (Wildman–Crippen MR) is 81.0 cm³/mol. The smallest absolute Gasteiger partial charge is 0.128 e. The van der Waals surface area contributed by atoms with Gasteiger partial charge < -0.3 is 10.0 Å². The molecule has 0 saturated carbocycles. The summed E-state index contributed by atoms with van der Waals surface area (Å²) in [5.41, 5.74) is 2.24. The summed E-state index contributed by atoms with van der Waals surface area (Å²) in [7, 11) is 2.10. The van der Waals surface area contributed by atoms with E-state index in [-0.39, 0.29) is 0 Å². The predicted octanol–water partition coefficient (Wildman–Crippen LogP) is 2.20. The third kappa shape index (κ3) is 4.16. The Morgan fingerprint density at radius 2 is 1.68 bits per heavy atom. The quantitative estimate of drug-likeness (QED) is 0.867. The molecule has 0 saturated heterocycles. The molecule has 100 valence electrons. The van der Waals surface area contributed by atoms with Gasteiger partial charge in [-0.05, 0) is 11.6 Å². The van der Waals surface area contributed by atoms with Crippen molar-refractivity contribution in [3.05, 3.63) is 70.2 Å². The number of likely N-dealkylation sites (N-methyl/N-ethyl adjacent to an activating group) is 1. The van der Waals surface area contributed by atoms with E-state index in [1.54, 1.807) is 0 Å². The Balaban J connectivity index is 1.95. The monoisotopic (exact) mass is 320 g/mol. The van der Waals surface area contributed by atoms with Crippen LogP contribution in [0.1, 0.15) is 17.2 Å². The summed E-state index contributed by atoms with van der Waals surface area (Å²) in [6.45, 7) is 1.59. The highest BCUT2D eigenvalue weighted by Gasteiger charge is 2.14. The molecule has 2 aromatic carbocycles. The molecule has 0 bridgehead atoms. The molecule has 2 N–H and O–H groups in total. The number of halogens is 1. The molecule has 0 aliphatic rings. The van der Waals surface area contributed by atoms with Crippen LogP contribution < -0.4 is 4.90 Å². The largest absolute Gasteiger partial charge is 0.382 e. The second-order valence-corrected chi connectivity index (χ2v) is 5.71. The number of hydrogen-bond acceptors (Lipinski definition) is 1. The normalized spacial score (nSPS) is 14.1. The van der Waals surface area contributed by atoms with Crippen molar-refractivity contribution in [1.82, 2.24) is 0 Å². The maximum absolute atomic E-state index is 10.2. The molecule has 2 rings (SSSR count). The second-order valence-electron chi connectivity index (χ2n) is 4.86. The fraction of sp³-hybridized carbons (Fsp3) is 0.250. The number of aliphatic hydroxyl groups is 1. The lowest BCUT2D eigenvalue weighted by molar-refractivity contribution is -0.897. The zero-order chi connectivity index (χ0) is 13.7. The van der Waals surface area contributed by atoms with Crippen molar-refractivity contribution in [1.29, 1.82) is 0 Å². The molecule has 2 atom stereocenters. The van der Waals surface area contributed by atoms with Crippen molar-refractivity contribution in [2.75, 3.05) is 13.6 Å². The van der Waals surface area contributed by atoms with Crippen molar-refractivity contribution in [2.24, 2.45) is 0 Å². The van der Waals surface area contributed by atoms with Crippen LogP contribution in [0.4, 0.5) is 0 Å². The first-order valence-electron chi connectivity index (χ1n) is 6.44. The molecule has 0 spiro atoms. The van der Waals surface area contributed by atoms with E-state index in [1.165, 1.54) is 10.5 Å². The zero-order valence-electron chi connectivity index (χ0n) is 11.0. The number of hydrogen-bond donors (Lipinski definition) is 2. The molecule has 0 amide bonds. The van der Waals surface area contributed by atoms with Crippen LogP contribution in [-0.2, 0) is 6.54 Å². The van der Waals surface area contributed by atoms with Crippen LogP contribution in [-0.4, -0.2) is 18.7 Å². The average molecular weight is 321 g/mol. The minimum Gasteiger partial charge on any atom is -0.382 e. The summed E-state index contributed by atoms with van der Waals surface area (Å²) in [4.78, 5) is 1.28. The fourth-order valence-corrected chi connectivity index (χ4v) is 2.59. The summed E-state index contributed by atoms with van der Waals surface area (Å²) in [5.74, 6) is 0. The van der Waals surface area contributed by atoms with E-state index >= 15 is 0 Å². The van der Waals surface area contributed by atoms with Gasteiger partial charge in [-0.15, -0.1) is 0 Å². The summed E-state index contributed by atoms with van der Waals surface area (Å²) < 4.78 is 1.13. The van der Waals surface area contributed by atoms with Gasteiger partial charge in [0.1, 0.15) is 19.2 Å². The van der Waals surface area contributed by atoms with E-state index in [4.69, 9.17) is 0 Å². The topological polar surface area (TPSA) is 24.7 Å². The van der Waals surface area contributed by atoms with E-state index in [2.05, 4.69) is 35.1 Å². The van der Waals surface area contributed by atoms with Crippen molar-refractivity contribution < 1.29 is 10.0 Å². The first kappa shape index (κ1) is 14.3. The third-order valence-corrected chi connectivity index (χ3v) is 3.95. The number of rotatable bonds is 5. The third-order valence-electron chi connectivity index (χ3n) is 3.18. The summed E-state index contributed by atoms with van der Waals surface area (Å²) in [6.07, 6.45) is -0.413. The van der Waals surface area contributed by atoms with Crippen LogP contribution >= 0.6 is 15.9 Å². The molecule has 0 aromatic heterocycles. The van der Waals surface area contributed by atoms with Gasteiger partial charge in [0.2, 0.25) is 0 Å². The maximum atomic E-state index is 10.2. The lowest BCUT2D eigenvalue weighted by atomic mass is 10.1. The van der Waals surface area contributed by atoms with E-state index in [0.29, 0.717) is 6.54 Å². The van der Waals surface area contributed by atoms with Gasteiger partial charge in [-0.25, -0.2) is 0 Å². The van der Waals surface area contributed by atoms with Crippen LogP contribution in [0, 0.1) is 0 Å². The van der Waals surface area contributed by atoms with Gasteiger partial charge in [-0.1, -0.05) is 64.5 Å². The minimum absolute atomic E-state index is 0.413. The standard InChI is InChI=1S/C16H18BrNO/c1-18(11-14-9-5-6-10-15(14)17)12-16(19)13-7-3-2-4-8-13/h2-10,16,19H,11-12H2,1H3/p+1/t16-/m0/s1. The van der Waals surface area contributed by atoms with Gasteiger partial charge in [-0.3, -0.25) is 0 Å². The Kier molecular flexibility index (Phi) is 5.14. The number of quaternary nitrogens is 1. The summed E-state index contributed by atoms with van der Waals surface area (Å²) in [6, 6.07) is 18.0. The van der Waals surface area contributed by atoms with E-state index in [0.717, 1.165) is 16.6 Å². The molecular weight excluding hydrogens is 302 g/mol. The highest BCUT2D eigenvalue weighted by Crippen LogP contribution is 2.15. The Morgan fingerprint density at radius 3 is 2.37 bits per heavy atom. The number of nitrogens with one attached hydrogen (secondary N) is 1. The molecule has 2 aromatic rings. The summed E-state index contributed by atoms with van der Waals surface area (Å²) in [5, 5.41) is 10.2. The highest BCUT2D eigenvalue weighted by atomic mass is 79.9. The van der Waals surface area contributed by atoms with Crippen LogP contribution in [0.2, 0.25) is 0 Å². The van der Waals surface area contributed by atoms with Crippen LogP contribution in [0.25, 0.3) is 0 Å². The van der Waals surface area contributed by atoms with Crippen LogP contribution in [0.5, 0.6) is 0 Å². The molecule has 2 nitrogen and oxygen atoms in total. The average Bonchev–Trinajstić information content (AvgIpc) is 2.42. The van der Waals surface area contributed by atoms with Crippen molar-refractivity contribution in [3.63, 3.8) is 0 Å². The van der Waals surface area contributed by atoms with Crippen LogP contribution in [0.3, 0.4) is 0 Å². The molecule has 0 aliphatic carbocycles. The molecule has 0 fully saturated rings. The van der Waals surface area contributed by atoms with Gasteiger partial charge in [0, 0.05) is 10.0 Å². The summed E-state index contributed by atoms with van der Waals surface area (Å²) >= 11 is 3.56. The van der Waals surface area contributed by atoms with Gasteiger partial charge in [0.25, 0.3) is 0 Å². The molecule has 0 heterocycles. The van der Waals surface area contributed by atoms with Crippen molar-refractivity contribution >= 4 is 15.9 Å². The lowest BCUT2D eigenvalue weighted by Crippen LogP contribution is -3.08. The zero-order valence-corrected chi connectivity index (χ0v) is 12.6. The molecule has 0 aliphatic heterocycles. The fourth-order valence-electron chi connectivity index (χ4n) is 2.16. The Labute approximate surface area is 122 Å². The molecule has 0 radical (unpaired) electrons. The minimum atomic E-state index is -0.413. The van der Waals surface area contributed by atoms with E-state index < -0.39 is 6.10 Å². The second kappa shape index (κ2) is 6.85. The van der Waals surface area contributed by atoms with Gasteiger partial charge >= 0.3 is 0 Å². The van der Waals surface area contributed by atoms with Crippen LogP contribution in [0.15, 0.2) is 59.1 Å². The molecule has 19 heavy (non-hydrogen) atoms. The maximum Gasteiger partial charge on any atom is 0.128 e. The number of benzene rings is 2. The Bertz CT molecular complexity index is 515. The molecule has 3 heteroatoms. The first-order chi connectivity index (χ1) is 9.16. The first-order valence-corrected chi connectivity index (χ1v) is 7.24. The van der Waals surface area contributed by atoms with Gasteiger partial charge in [0.15, 0.2) is 0 Å². The molecule has 1 unspecified atom stereocenters. The number of aliphatic hydroxyl groups excluding tert-OH is 1. The highest BCUT2D eigenvalue weighted by molar-refractivity contribution is 9.10.